The van der Waals surface area contributed by atoms with Crippen molar-refractivity contribution in [3.05, 3.63) is 70.8 Å². The Morgan fingerprint density at radius 2 is 1.83 bits per heavy atom. The number of carboxylic acid groups (broad SMARTS) is 1. The van der Waals surface area contributed by atoms with E-state index in [1.807, 2.05) is 19.1 Å². The summed E-state index contributed by atoms with van der Waals surface area (Å²) in [5, 5.41) is 11.5. The average Bonchev–Trinajstić information content (AvgIpc) is 2.51. The fraction of sp³-hybridized carbons (Fsp3) is 0.176. The van der Waals surface area contributed by atoms with Crippen molar-refractivity contribution in [3.8, 4) is 0 Å². The van der Waals surface area contributed by atoms with Crippen molar-refractivity contribution in [1.82, 2.24) is 5.32 Å². The summed E-state index contributed by atoms with van der Waals surface area (Å²) in [4.78, 5) is 23.4. The fourth-order valence-corrected chi connectivity index (χ4v) is 2.17. The van der Waals surface area contributed by atoms with Crippen LogP contribution in [0.4, 0.5) is 8.78 Å². The molecule has 0 bridgehead atoms. The van der Waals surface area contributed by atoms with E-state index in [0.29, 0.717) is 0 Å². The minimum absolute atomic E-state index is 0.0463. The van der Waals surface area contributed by atoms with Gasteiger partial charge < -0.3 is 10.4 Å². The molecule has 0 aliphatic heterocycles. The number of rotatable bonds is 5. The summed E-state index contributed by atoms with van der Waals surface area (Å²) in [5.41, 5.74) is 1.10. The highest BCUT2D eigenvalue weighted by atomic mass is 19.2. The van der Waals surface area contributed by atoms with Gasteiger partial charge in [0.1, 0.15) is 6.04 Å². The monoisotopic (exact) mass is 319 g/mol. The Labute approximate surface area is 131 Å². The van der Waals surface area contributed by atoms with Crippen LogP contribution in [0.2, 0.25) is 0 Å². The second kappa shape index (κ2) is 7.00. The molecule has 0 saturated carbocycles. The number of aliphatic carboxylic acids is 1. The molecule has 4 nitrogen and oxygen atoms in total. The fourth-order valence-electron chi connectivity index (χ4n) is 2.17. The molecule has 1 atom stereocenters. The first-order chi connectivity index (χ1) is 10.9. The summed E-state index contributed by atoms with van der Waals surface area (Å²) < 4.78 is 26.8. The van der Waals surface area contributed by atoms with Crippen molar-refractivity contribution >= 4 is 11.9 Å². The van der Waals surface area contributed by atoms with E-state index in [-0.39, 0.29) is 6.42 Å². The molecule has 2 N–H and O–H groups in total. The smallest absolute Gasteiger partial charge is 0.326 e. The Morgan fingerprint density at radius 1 is 1.13 bits per heavy atom. The number of nitrogens with one attached hydrogen (secondary N) is 1. The van der Waals surface area contributed by atoms with Gasteiger partial charge in [0.05, 0.1) is 5.56 Å². The lowest BCUT2D eigenvalue weighted by Gasteiger charge is -2.16. The molecule has 2 aromatic rings. The van der Waals surface area contributed by atoms with Gasteiger partial charge in [-0.1, -0.05) is 30.3 Å². The number of carbonyl (C=O) groups excluding carboxylic acids is 1. The molecule has 0 spiro atoms. The van der Waals surface area contributed by atoms with Gasteiger partial charge >= 0.3 is 5.97 Å². The van der Waals surface area contributed by atoms with E-state index in [9.17, 15) is 23.5 Å². The average molecular weight is 319 g/mol. The lowest BCUT2D eigenvalue weighted by Crippen LogP contribution is -2.42. The van der Waals surface area contributed by atoms with Crippen molar-refractivity contribution in [2.24, 2.45) is 0 Å². The van der Waals surface area contributed by atoms with Crippen molar-refractivity contribution in [3.63, 3.8) is 0 Å². The lowest BCUT2D eigenvalue weighted by atomic mass is 10.0. The SMILES string of the molecule is Cc1ccccc1C[C@H](NC(=O)c1cccc(F)c1F)C(=O)O. The predicted octanol–water partition coefficient (Wildman–Crippen LogP) is 2.70. The molecule has 0 saturated heterocycles. The van der Waals surface area contributed by atoms with Crippen LogP contribution < -0.4 is 5.32 Å². The molecule has 0 unspecified atom stereocenters. The van der Waals surface area contributed by atoms with Gasteiger partial charge in [-0.3, -0.25) is 4.79 Å². The van der Waals surface area contributed by atoms with Crippen LogP contribution in [0.25, 0.3) is 0 Å². The van der Waals surface area contributed by atoms with Gasteiger partial charge in [-0.05, 0) is 30.2 Å². The van der Waals surface area contributed by atoms with Crippen LogP contribution in [0.1, 0.15) is 21.5 Å². The normalized spacial score (nSPS) is 11.8. The van der Waals surface area contributed by atoms with Gasteiger partial charge in [-0.2, -0.15) is 0 Å². The molecule has 6 heteroatoms. The van der Waals surface area contributed by atoms with Crippen LogP contribution >= 0.6 is 0 Å². The van der Waals surface area contributed by atoms with Gasteiger partial charge in [0.25, 0.3) is 5.91 Å². The van der Waals surface area contributed by atoms with Crippen LogP contribution in [-0.4, -0.2) is 23.0 Å². The van der Waals surface area contributed by atoms with Crippen molar-refractivity contribution in [2.45, 2.75) is 19.4 Å². The van der Waals surface area contributed by atoms with Crippen molar-refractivity contribution in [1.29, 1.82) is 0 Å². The minimum Gasteiger partial charge on any atom is -0.480 e. The van der Waals surface area contributed by atoms with E-state index >= 15 is 0 Å². The maximum Gasteiger partial charge on any atom is 0.326 e. The first kappa shape index (κ1) is 16.6. The van der Waals surface area contributed by atoms with E-state index in [1.54, 1.807) is 12.1 Å². The Bertz CT molecular complexity index is 746. The first-order valence-electron chi connectivity index (χ1n) is 6.92. The van der Waals surface area contributed by atoms with Crippen LogP contribution in [0, 0.1) is 18.6 Å². The van der Waals surface area contributed by atoms with Crippen molar-refractivity contribution in [2.75, 3.05) is 0 Å². The number of carboxylic acids is 1. The molecule has 0 heterocycles. The number of carbonyl (C=O) groups is 2. The largest absolute Gasteiger partial charge is 0.480 e. The summed E-state index contributed by atoms with van der Waals surface area (Å²) >= 11 is 0. The molecule has 0 aromatic heterocycles. The zero-order valence-corrected chi connectivity index (χ0v) is 12.3. The number of hydrogen-bond acceptors (Lipinski definition) is 2. The van der Waals surface area contributed by atoms with Gasteiger partial charge in [0, 0.05) is 6.42 Å². The van der Waals surface area contributed by atoms with Crippen molar-refractivity contribution < 1.29 is 23.5 Å². The number of aryl methyl sites for hydroxylation is 1. The molecule has 0 radical (unpaired) electrons. The molecule has 0 aliphatic rings. The molecule has 2 aromatic carbocycles. The van der Waals surface area contributed by atoms with E-state index in [2.05, 4.69) is 5.32 Å². The highest BCUT2D eigenvalue weighted by molar-refractivity contribution is 5.96. The predicted molar refractivity (Wildman–Crippen MR) is 80.1 cm³/mol. The van der Waals surface area contributed by atoms with Crippen LogP contribution in [0.5, 0.6) is 0 Å². The standard InChI is InChI=1S/C17H15F2NO3/c1-10-5-2-3-6-11(10)9-14(17(22)23)20-16(21)12-7-4-8-13(18)15(12)19/h2-8,14H,9H2,1H3,(H,20,21)(H,22,23)/t14-/m0/s1. The molecule has 0 aliphatic carbocycles. The minimum atomic E-state index is -1.30. The zero-order chi connectivity index (χ0) is 17.0. The summed E-state index contributed by atoms with van der Waals surface area (Å²) in [6, 6.07) is 9.07. The summed E-state index contributed by atoms with van der Waals surface area (Å²) in [5.74, 6) is -4.69. The summed E-state index contributed by atoms with van der Waals surface area (Å²) in [6.07, 6.45) is 0.0463. The molecular weight excluding hydrogens is 304 g/mol. The molecule has 23 heavy (non-hydrogen) atoms. The van der Waals surface area contributed by atoms with E-state index in [0.717, 1.165) is 23.3 Å². The van der Waals surface area contributed by atoms with Gasteiger partial charge in [0.15, 0.2) is 11.6 Å². The van der Waals surface area contributed by atoms with E-state index in [1.165, 1.54) is 6.07 Å². The van der Waals surface area contributed by atoms with Gasteiger partial charge in [-0.15, -0.1) is 0 Å². The number of halogens is 2. The third-order valence-electron chi connectivity index (χ3n) is 3.48. The molecule has 0 fully saturated rings. The zero-order valence-electron chi connectivity index (χ0n) is 12.3. The lowest BCUT2D eigenvalue weighted by molar-refractivity contribution is -0.139. The summed E-state index contributed by atoms with van der Waals surface area (Å²) in [6.45, 7) is 1.82. The Morgan fingerprint density at radius 3 is 2.48 bits per heavy atom. The number of benzene rings is 2. The third-order valence-corrected chi connectivity index (χ3v) is 3.48. The van der Waals surface area contributed by atoms with Crippen LogP contribution in [0.15, 0.2) is 42.5 Å². The van der Waals surface area contributed by atoms with Gasteiger partial charge in [0.2, 0.25) is 0 Å². The topological polar surface area (TPSA) is 66.4 Å². The van der Waals surface area contributed by atoms with Crippen LogP contribution in [0.3, 0.4) is 0 Å². The maximum absolute atomic E-state index is 13.6. The summed E-state index contributed by atoms with van der Waals surface area (Å²) in [7, 11) is 0. The Kier molecular flexibility index (Phi) is 5.05. The first-order valence-corrected chi connectivity index (χ1v) is 6.92. The Hall–Kier alpha value is -2.76. The van der Waals surface area contributed by atoms with E-state index < -0.39 is 35.1 Å². The van der Waals surface area contributed by atoms with Gasteiger partial charge in [-0.25, -0.2) is 13.6 Å². The Balaban J connectivity index is 2.20. The second-order valence-electron chi connectivity index (χ2n) is 5.10. The highest BCUT2D eigenvalue weighted by Gasteiger charge is 2.24. The third kappa shape index (κ3) is 3.91. The second-order valence-corrected chi connectivity index (χ2v) is 5.10. The molecule has 2 rings (SSSR count). The molecular formula is C17H15F2NO3. The maximum atomic E-state index is 13.6. The number of amides is 1. The molecule has 1 amide bonds. The quantitative estimate of drug-likeness (QED) is 0.890. The highest BCUT2D eigenvalue weighted by Crippen LogP contribution is 2.13. The van der Waals surface area contributed by atoms with E-state index in [4.69, 9.17) is 0 Å². The van der Waals surface area contributed by atoms with Crippen LogP contribution in [-0.2, 0) is 11.2 Å². The number of hydrogen-bond donors (Lipinski definition) is 2. The molecule has 120 valence electrons.